The SMILES string of the molecule is CCN(CC)c1ccc(C2C(C(=O)c3cc4ccccc4o3)=C(O)C(=O)N2c2nc3ccccc3[nH]2)cc1. The van der Waals surface area contributed by atoms with Gasteiger partial charge in [0.2, 0.25) is 11.7 Å². The lowest BCUT2D eigenvalue weighted by molar-refractivity contribution is -0.117. The van der Waals surface area contributed by atoms with Crippen molar-refractivity contribution in [2.75, 3.05) is 22.9 Å². The smallest absolute Gasteiger partial charge is 0.296 e. The van der Waals surface area contributed by atoms with Crippen molar-refractivity contribution >= 4 is 45.3 Å². The van der Waals surface area contributed by atoms with Crippen molar-refractivity contribution in [3.8, 4) is 0 Å². The van der Waals surface area contributed by atoms with E-state index in [0.29, 0.717) is 16.7 Å². The molecule has 1 aliphatic heterocycles. The van der Waals surface area contributed by atoms with Gasteiger partial charge in [-0.2, -0.15) is 0 Å². The normalized spacial score (nSPS) is 15.7. The standard InChI is InChI=1S/C30H26N4O4/c1-3-33(4-2)20-15-13-18(14-16-20)26-25(27(35)24-17-19-9-5-8-12-23(19)38-24)28(36)29(37)34(26)30-31-21-10-6-7-11-22(21)32-30/h5-17,26,36H,3-4H2,1-2H3,(H,31,32). The number of benzene rings is 3. The maximum Gasteiger partial charge on any atom is 0.296 e. The number of aliphatic hydroxyl groups is 1. The number of aromatic amines is 1. The highest BCUT2D eigenvalue weighted by Gasteiger charge is 2.46. The number of carbonyl (C=O) groups is 2. The largest absolute Gasteiger partial charge is 0.503 e. The van der Waals surface area contributed by atoms with Gasteiger partial charge in [-0.15, -0.1) is 0 Å². The van der Waals surface area contributed by atoms with Crippen molar-refractivity contribution in [1.29, 1.82) is 0 Å². The van der Waals surface area contributed by atoms with E-state index in [1.54, 1.807) is 12.1 Å². The zero-order valence-electron chi connectivity index (χ0n) is 21.0. The van der Waals surface area contributed by atoms with Crippen LogP contribution in [0, 0.1) is 0 Å². The Kier molecular flexibility index (Phi) is 5.72. The maximum atomic E-state index is 13.8. The number of anilines is 2. The summed E-state index contributed by atoms with van der Waals surface area (Å²) in [6.07, 6.45) is 0. The third kappa shape index (κ3) is 3.73. The fourth-order valence-electron chi connectivity index (χ4n) is 5.11. The van der Waals surface area contributed by atoms with E-state index in [1.807, 2.05) is 66.7 Å². The Hall–Kier alpha value is -4.85. The van der Waals surface area contributed by atoms with Gasteiger partial charge in [-0.05, 0) is 55.8 Å². The minimum atomic E-state index is -0.908. The first-order chi connectivity index (χ1) is 18.5. The average Bonchev–Trinajstić information content (AvgIpc) is 3.63. The van der Waals surface area contributed by atoms with Crippen molar-refractivity contribution in [2.45, 2.75) is 19.9 Å². The van der Waals surface area contributed by atoms with Gasteiger partial charge >= 0.3 is 0 Å². The summed E-state index contributed by atoms with van der Waals surface area (Å²) < 4.78 is 5.82. The fourth-order valence-corrected chi connectivity index (χ4v) is 5.11. The summed E-state index contributed by atoms with van der Waals surface area (Å²) in [5, 5.41) is 11.9. The Morgan fingerprint density at radius 1 is 1.03 bits per heavy atom. The lowest BCUT2D eigenvalue weighted by Crippen LogP contribution is -2.32. The number of aliphatic hydroxyl groups excluding tert-OH is 1. The zero-order chi connectivity index (χ0) is 26.4. The molecule has 6 rings (SSSR count). The van der Waals surface area contributed by atoms with Crippen LogP contribution < -0.4 is 9.80 Å². The first-order valence-corrected chi connectivity index (χ1v) is 12.6. The van der Waals surface area contributed by atoms with Gasteiger partial charge in [0.05, 0.1) is 22.6 Å². The number of nitrogens with zero attached hydrogens (tertiary/aromatic N) is 3. The monoisotopic (exact) mass is 506 g/mol. The highest BCUT2D eigenvalue weighted by atomic mass is 16.3. The number of Topliss-reactive ketones (excluding diaryl/α,β-unsaturated/α-hetero) is 1. The molecule has 1 atom stereocenters. The molecule has 0 fully saturated rings. The van der Waals surface area contributed by atoms with Gasteiger partial charge in [-0.1, -0.05) is 42.5 Å². The number of para-hydroxylation sites is 3. The quantitative estimate of drug-likeness (QED) is 0.265. The van der Waals surface area contributed by atoms with Crippen molar-refractivity contribution < 1.29 is 19.1 Å². The number of carbonyl (C=O) groups excluding carboxylic acids is 2. The summed E-state index contributed by atoms with van der Waals surface area (Å²) in [4.78, 5) is 38.7. The van der Waals surface area contributed by atoms with Gasteiger partial charge in [0.15, 0.2) is 11.5 Å². The topological polar surface area (TPSA) is 103 Å². The molecule has 0 aliphatic carbocycles. The molecule has 0 radical (unpaired) electrons. The van der Waals surface area contributed by atoms with Crippen molar-refractivity contribution in [3.05, 3.63) is 102 Å². The molecular weight excluding hydrogens is 480 g/mol. The molecule has 2 N–H and O–H groups in total. The molecule has 5 aromatic rings. The van der Waals surface area contributed by atoms with Gasteiger partial charge in [-0.3, -0.25) is 14.5 Å². The minimum absolute atomic E-state index is 0.0508. The lowest BCUT2D eigenvalue weighted by atomic mass is 9.95. The molecule has 8 heteroatoms. The number of furan rings is 1. The summed E-state index contributed by atoms with van der Waals surface area (Å²) in [5.74, 6) is -1.58. The fraction of sp³-hybridized carbons (Fsp3) is 0.167. The molecular formula is C30H26N4O4. The van der Waals surface area contributed by atoms with Gasteiger partial charge in [-0.25, -0.2) is 4.98 Å². The molecule has 0 bridgehead atoms. The molecule has 0 saturated carbocycles. The van der Waals surface area contributed by atoms with Gasteiger partial charge in [0, 0.05) is 24.2 Å². The Bertz CT molecular complexity index is 1640. The second-order valence-electron chi connectivity index (χ2n) is 9.16. The van der Waals surface area contributed by atoms with Crippen LogP contribution in [0.4, 0.5) is 11.6 Å². The predicted molar refractivity (Wildman–Crippen MR) is 147 cm³/mol. The molecule has 1 aliphatic rings. The van der Waals surface area contributed by atoms with E-state index >= 15 is 0 Å². The van der Waals surface area contributed by atoms with E-state index in [1.165, 1.54) is 4.90 Å². The molecule has 8 nitrogen and oxygen atoms in total. The number of ketones is 1. The number of hydrogen-bond donors (Lipinski definition) is 2. The molecule has 1 amide bonds. The number of rotatable bonds is 7. The van der Waals surface area contributed by atoms with Crippen LogP contribution in [0.25, 0.3) is 22.0 Å². The average molecular weight is 507 g/mol. The lowest BCUT2D eigenvalue weighted by Gasteiger charge is -2.26. The maximum absolute atomic E-state index is 13.8. The zero-order valence-corrected chi connectivity index (χ0v) is 21.0. The number of imidazole rings is 1. The highest BCUT2D eigenvalue weighted by Crippen LogP contribution is 2.42. The first kappa shape index (κ1) is 23.5. The molecule has 38 heavy (non-hydrogen) atoms. The van der Waals surface area contributed by atoms with E-state index in [-0.39, 0.29) is 17.3 Å². The Morgan fingerprint density at radius 2 is 1.74 bits per heavy atom. The van der Waals surface area contributed by atoms with Gasteiger partial charge in [0.1, 0.15) is 5.58 Å². The van der Waals surface area contributed by atoms with Gasteiger partial charge in [0.25, 0.3) is 5.91 Å². The Balaban J connectivity index is 1.48. The molecule has 1 unspecified atom stereocenters. The third-order valence-electron chi connectivity index (χ3n) is 7.04. The Labute approximate surface area is 218 Å². The molecule has 0 spiro atoms. The van der Waals surface area contributed by atoms with Crippen molar-refractivity contribution in [1.82, 2.24) is 9.97 Å². The summed E-state index contributed by atoms with van der Waals surface area (Å²) in [6.45, 7) is 5.86. The van der Waals surface area contributed by atoms with Gasteiger partial charge < -0.3 is 19.4 Å². The van der Waals surface area contributed by atoms with Crippen LogP contribution in [0.1, 0.15) is 36.0 Å². The van der Waals surface area contributed by atoms with Crippen molar-refractivity contribution in [2.24, 2.45) is 0 Å². The van der Waals surface area contributed by atoms with E-state index in [9.17, 15) is 14.7 Å². The third-order valence-corrected chi connectivity index (χ3v) is 7.04. The number of H-pyrrole nitrogens is 1. The van der Waals surface area contributed by atoms with Crippen LogP contribution in [-0.4, -0.2) is 39.9 Å². The second-order valence-corrected chi connectivity index (χ2v) is 9.16. The van der Waals surface area contributed by atoms with E-state index in [0.717, 1.165) is 29.7 Å². The van der Waals surface area contributed by atoms with Crippen LogP contribution in [0.3, 0.4) is 0 Å². The summed E-state index contributed by atoms with van der Waals surface area (Å²) >= 11 is 0. The number of amides is 1. The van der Waals surface area contributed by atoms with E-state index in [2.05, 4.69) is 28.7 Å². The summed E-state index contributed by atoms with van der Waals surface area (Å²) in [7, 11) is 0. The van der Waals surface area contributed by atoms with Crippen LogP contribution in [-0.2, 0) is 4.79 Å². The molecule has 3 heterocycles. The predicted octanol–water partition coefficient (Wildman–Crippen LogP) is 5.94. The molecule has 2 aromatic heterocycles. The first-order valence-electron chi connectivity index (χ1n) is 12.6. The summed E-state index contributed by atoms with van der Waals surface area (Å²) in [6, 6.07) is 23.1. The molecule has 3 aromatic carbocycles. The highest BCUT2D eigenvalue weighted by molar-refractivity contribution is 6.20. The molecule has 0 saturated heterocycles. The Morgan fingerprint density at radius 3 is 2.45 bits per heavy atom. The van der Waals surface area contributed by atoms with E-state index < -0.39 is 23.5 Å². The molecule has 190 valence electrons. The number of nitrogens with one attached hydrogen (secondary N) is 1. The van der Waals surface area contributed by atoms with E-state index in [4.69, 9.17) is 4.42 Å². The van der Waals surface area contributed by atoms with Crippen LogP contribution in [0.15, 0.2) is 94.6 Å². The van der Waals surface area contributed by atoms with Crippen molar-refractivity contribution in [3.63, 3.8) is 0 Å². The number of fused-ring (bicyclic) bond motifs is 2. The van der Waals surface area contributed by atoms with Crippen LogP contribution in [0.5, 0.6) is 0 Å². The number of aromatic nitrogens is 2. The minimum Gasteiger partial charge on any atom is -0.503 e. The second kappa shape index (κ2) is 9.23. The number of hydrogen-bond acceptors (Lipinski definition) is 6. The van der Waals surface area contributed by atoms with Crippen LogP contribution >= 0.6 is 0 Å². The summed E-state index contributed by atoms with van der Waals surface area (Å²) in [5.41, 5.74) is 3.60. The van der Waals surface area contributed by atoms with Crippen LogP contribution in [0.2, 0.25) is 0 Å².